The van der Waals surface area contributed by atoms with E-state index in [1.54, 1.807) is 19.2 Å². The lowest BCUT2D eigenvalue weighted by atomic mass is 10.3. The molecule has 0 radical (unpaired) electrons. The molecule has 0 atom stereocenters. The Morgan fingerprint density at radius 2 is 2.08 bits per heavy atom. The summed E-state index contributed by atoms with van der Waals surface area (Å²) in [7, 11) is 1.55. The minimum Gasteiger partial charge on any atom is -0.192 e. The summed E-state index contributed by atoms with van der Waals surface area (Å²) in [6, 6.07) is 3.48. The summed E-state index contributed by atoms with van der Waals surface area (Å²) in [5.74, 6) is 0. The van der Waals surface area contributed by atoms with Gasteiger partial charge in [-0.05, 0) is 28.1 Å². The van der Waals surface area contributed by atoms with E-state index < -0.39 is 0 Å². The molecule has 1 aromatic rings. The molecule has 0 heterocycles. The first kappa shape index (κ1) is 10.3. The standard InChI is InChI=1S/C7H5Br2N4/c1-11-13-6-3-4(8)2-5(9)7(6)12-10/h2-3H,1H3/q+1. The Morgan fingerprint density at radius 1 is 1.38 bits per heavy atom. The Balaban J connectivity index is 3.40. The third-order valence-electron chi connectivity index (χ3n) is 1.32. The Hall–Kier alpha value is -0.800. The average Bonchev–Trinajstić information content (AvgIpc) is 2.04. The highest BCUT2D eigenvalue weighted by Gasteiger charge is 2.19. The maximum atomic E-state index is 8.69. The van der Waals surface area contributed by atoms with Crippen LogP contribution in [0.4, 0.5) is 11.4 Å². The number of diazo groups is 1. The quantitative estimate of drug-likeness (QED) is 0.560. The van der Waals surface area contributed by atoms with Gasteiger partial charge in [0, 0.05) is 11.5 Å². The number of benzene rings is 1. The molecule has 0 amide bonds. The zero-order chi connectivity index (χ0) is 9.84. The molecule has 0 saturated carbocycles. The molecule has 0 bridgehead atoms. The fourth-order valence-corrected chi connectivity index (χ4v) is 2.12. The van der Waals surface area contributed by atoms with Crippen LogP contribution in [0, 0.1) is 5.39 Å². The van der Waals surface area contributed by atoms with Gasteiger partial charge < -0.3 is 0 Å². The van der Waals surface area contributed by atoms with E-state index in [2.05, 4.69) is 47.1 Å². The maximum absolute atomic E-state index is 8.69. The van der Waals surface area contributed by atoms with Crippen LogP contribution in [0.2, 0.25) is 0 Å². The molecule has 0 spiro atoms. The predicted octanol–water partition coefficient (Wildman–Crippen LogP) is 4.41. The van der Waals surface area contributed by atoms with Gasteiger partial charge in [-0.3, -0.25) is 0 Å². The van der Waals surface area contributed by atoms with Crippen molar-refractivity contribution in [3.63, 3.8) is 0 Å². The second-order valence-corrected chi connectivity index (χ2v) is 3.93. The van der Waals surface area contributed by atoms with Crippen LogP contribution < -0.4 is 0 Å². The summed E-state index contributed by atoms with van der Waals surface area (Å²) in [5, 5.41) is 16.1. The molecule has 0 aliphatic heterocycles. The maximum Gasteiger partial charge on any atom is 0.426 e. The van der Waals surface area contributed by atoms with E-state index in [0.29, 0.717) is 15.8 Å². The molecule has 0 aliphatic carbocycles. The van der Waals surface area contributed by atoms with E-state index in [0.717, 1.165) is 4.47 Å². The lowest BCUT2D eigenvalue weighted by Crippen LogP contribution is -1.71. The molecule has 13 heavy (non-hydrogen) atoms. The second-order valence-electron chi connectivity index (χ2n) is 2.16. The summed E-state index contributed by atoms with van der Waals surface area (Å²) >= 11 is 6.53. The zero-order valence-corrected chi connectivity index (χ0v) is 9.87. The fourth-order valence-electron chi connectivity index (χ4n) is 0.835. The molecule has 4 nitrogen and oxygen atoms in total. The number of halogens is 2. The van der Waals surface area contributed by atoms with E-state index in [-0.39, 0.29) is 0 Å². The van der Waals surface area contributed by atoms with Gasteiger partial charge in [0.15, 0.2) is 10.7 Å². The third-order valence-corrected chi connectivity index (χ3v) is 2.38. The van der Waals surface area contributed by atoms with Gasteiger partial charge in [-0.15, -0.1) is 5.11 Å². The largest absolute Gasteiger partial charge is 0.426 e. The van der Waals surface area contributed by atoms with E-state index >= 15 is 0 Å². The molecule has 0 aromatic heterocycles. The van der Waals surface area contributed by atoms with E-state index in [1.807, 2.05) is 0 Å². The van der Waals surface area contributed by atoms with Crippen molar-refractivity contribution in [1.29, 1.82) is 5.39 Å². The van der Waals surface area contributed by atoms with E-state index in [9.17, 15) is 0 Å². The third kappa shape index (κ3) is 2.32. The number of hydrogen-bond acceptors (Lipinski definition) is 3. The van der Waals surface area contributed by atoms with Crippen LogP contribution in [0.15, 0.2) is 31.3 Å². The van der Waals surface area contributed by atoms with Gasteiger partial charge in [-0.2, -0.15) is 5.11 Å². The molecule has 1 rings (SSSR count). The first-order chi connectivity index (χ1) is 6.19. The van der Waals surface area contributed by atoms with Gasteiger partial charge >= 0.3 is 5.69 Å². The molecule has 0 unspecified atom stereocenters. The topological polar surface area (TPSA) is 52.9 Å². The Kier molecular flexibility index (Phi) is 3.51. The molecule has 1 aromatic carbocycles. The molecular formula is C7H5Br2N4+. The first-order valence-corrected chi connectivity index (χ1v) is 4.91. The second kappa shape index (κ2) is 4.44. The van der Waals surface area contributed by atoms with Gasteiger partial charge in [0.05, 0.1) is 0 Å². The Labute approximate surface area is 91.9 Å². The Morgan fingerprint density at radius 3 is 2.62 bits per heavy atom. The molecule has 0 saturated heterocycles. The summed E-state index contributed by atoms with van der Waals surface area (Å²) < 4.78 is 1.50. The highest BCUT2D eigenvalue weighted by molar-refractivity contribution is 9.11. The normalized spacial score (nSPS) is 10.3. The lowest BCUT2D eigenvalue weighted by molar-refractivity contribution is 1.17. The number of nitrogens with zero attached hydrogens (tertiary/aromatic N) is 4. The lowest BCUT2D eigenvalue weighted by Gasteiger charge is -1.92. The monoisotopic (exact) mass is 303 g/mol. The van der Waals surface area contributed by atoms with Gasteiger partial charge in [0.2, 0.25) is 5.39 Å². The van der Waals surface area contributed by atoms with Crippen LogP contribution in [0.5, 0.6) is 0 Å². The highest BCUT2D eigenvalue weighted by atomic mass is 79.9. The van der Waals surface area contributed by atoms with Crippen LogP contribution >= 0.6 is 31.9 Å². The smallest absolute Gasteiger partial charge is 0.192 e. The molecule has 0 fully saturated rings. The number of rotatable bonds is 1. The van der Waals surface area contributed by atoms with Gasteiger partial charge in [-0.1, -0.05) is 15.9 Å². The van der Waals surface area contributed by atoms with Gasteiger partial charge in [-0.25, -0.2) is 0 Å². The van der Waals surface area contributed by atoms with Crippen molar-refractivity contribution in [2.24, 2.45) is 10.2 Å². The molecule has 0 N–H and O–H groups in total. The SMILES string of the molecule is CN=Nc1cc(Br)cc(Br)c1[N+]#N. The van der Waals surface area contributed by atoms with E-state index in [1.165, 1.54) is 0 Å². The van der Waals surface area contributed by atoms with Crippen LogP contribution in [-0.4, -0.2) is 7.05 Å². The minimum atomic E-state index is 0.369. The summed E-state index contributed by atoms with van der Waals surface area (Å²) in [6.07, 6.45) is 0. The first-order valence-electron chi connectivity index (χ1n) is 3.33. The Bertz CT molecular complexity index is 394. The highest BCUT2D eigenvalue weighted by Crippen LogP contribution is 2.38. The molecule has 6 heteroatoms. The van der Waals surface area contributed by atoms with Crippen molar-refractivity contribution in [1.82, 2.24) is 0 Å². The van der Waals surface area contributed by atoms with Crippen LogP contribution in [0.1, 0.15) is 0 Å². The van der Waals surface area contributed by atoms with E-state index in [4.69, 9.17) is 5.39 Å². The van der Waals surface area contributed by atoms with Crippen molar-refractivity contribution >= 4 is 43.2 Å². The van der Waals surface area contributed by atoms with Crippen LogP contribution in [0.3, 0.4) is 0 Å². The van der Waals surface area contributed by atoms with Crippen molar-refractivity contribution in [2.75, 3.05) is 7.05 Å². The average molecular weight is 305 g/mol. The predicted molar refractivity (Wildman–Crippen MR) is 57.0 cm³/mol. The van der Waals surface area contributed by atoms with Gasteiger partial charge in [0.25, 0.3) is 0 Å². The summed E-state index contributed by atoms with van der Waals surface area (Å²) in [6.45, 7) is 0. The molecular weight excluding hydrogens is 300 g/mol. The molecule has 66 valence electrons. The summed E-state index contributed by atoms with van der Waals surface area (Å²) in [4.78, 5) is 3.11. The van der Waals surface area contributed by atoms with Crippen LogP contribution in [0.25, 0.3) is 4.98 Å². The van der Waals surface area contributed by atoms with Crippen molar-refractivity contribution in [3.8, 4) is 0 Å². The zero-order valence-electron chi connectivity index (χ0n) is 6.70. The number of hydrogen-bond donors (Lipinski definition) is 0. The van der Waals surface area contributed by atoms with Crippen LogP contribution in [-0.2, 0) is 0 Å². The fraction of sp³-hybridized carbons (Fsp3) is 0.143. The van der Waals surface area contributed by atoms with Crippen molar-refractivity contribution < 1.29 is 0 Å². The van der Waals surface area contributed by atoms with Gasteiger partial charge in [0.1, 0.15) is 4.47 Å². The van der Waals surface area contributed by atoms with Crippen molar-refractivity contribution in [3.05, 3.63) is 26.1 Å². The number of azo groups is 1. The van der Waals surface area contributed by atoms with Crippen molar-refractivity contribution in [2.45, 2.75) is 0 Å². The summed E-state index contributed by atoms with van der Waals surface area (Å²) in [5.41, 5.74) is 0.875. The molecule has 0 aliphatic rings. The minimum absolute atomic E-state index is 0.369.